The molecule has 0 unspecified atom stereocenters. The summed E-state index contributed by atoms with van der Waals surface area (Å²) >= 11 is 0.855. The van der Waals surface area contributed by atoms with Gasteiger partial charge in [-0.15, -0.1) is 0 Å². The van der Waals surface area contributed by atoms with Gasteiger partial charge in [-0.2, -0.15) is 17.5 Å². The number of nitrogens with two attached hydrogens (primary N) is 1. The maximum Gasteiger partial charge on any atom is 0.416 e. The van der Waals surface area contributed by atoms with Crippen LogP contribution in [0.3, 0.4) is 0 Å². The topological polar surface area (TPSA) is 65.2 Å². The highest BCUT2D eigenvalue weighted by Crippen LogP contribution is 2.30. The molecule has 0 saturated carbocycles. The molecule has 0 spiro atoms. The molecule has 2 N–H and O–H groups in total. The van der Waals surface area contributed by atoms with Gasteiger partial charge in [0.05, 0.1) is 5.56 Å². The molecule has 2 aromatic rings. The number of nitrogens with zero attached hydrogens (tertiary/aromatic N) is 1. The second-order valence-electron chi connectivity index (χ2n) is 3.53. The fourth-order valence-electron chi connectivity index (χ4n) is 1.25. The minimum atomic E-state index is -4.42. The van der Waals surface area contributed by atoms with Crippen molar-refractivity contribution in [1.29, 1.82) is 0 Å². The number of alkyl halides is 3. The summed E-state index contributed by atoms with van der Waals surface area (Å²) < 4.78 is 45.6. The highest BCUT2D eigenvalue weighted by molar-refractivity contribution is 7.08. The largest absolute Gasteiger partial charge is 0.422 e. The van der Waals surface area contributed by atoms with Crippen molar-refractivity contribution in [3.05, 3.63) is 40.8 Å². The highest BCUT2D eigenvalue weighted by Gasteiger charge is 2.30. The Labute approximate surface area is 109 Å². The molecule has 1 aromatic carbocycles. The molecule has 100 valence electrons. The lowest BCUT2D eigenvalue weighted by Crippen LogP contribution is -2.08. The van der Waals surface area contributed by atoms with E-state index in [1.807, 2.05) is 0 Å². The Balaban J connectivity index is 2.10. The third-order valence-corrected chi connectivity index (χ3v) is 2.91. The molecular formula is C11H7F3N2O2S. The predicted molar refractivity (Wildman–Crippen MR) is 62.9 cm³/mol. The van der Waals surface area contributed by atoms with Gasteiger partial charge in [-0.25, -0.2) is 4.79 Å². The minimum absolute atomic E-state index is 0.0185. The molecule has 0 aliphatic carbocycles. The number of anilines is 1. The Hall–Kier alpha value is -2.09. The Bertz CT molecular complexity index is 593. The summed E-state index contributed by atoms with van der Waals surface area (Å²) in [6.07, 6.45) is -4.42. The van der Waals surface area contributed by atoms with Gasteiger partial charge in [0.15, 0.2) is 0 Å². The van der Waals surface area contributed by atoms with Crippen LogP contribution >= 0.6 is 11.5 Å². The summed E-state index contributed by atoms with van der Waals surface area (Å²) in [6.45, 7) is 0. The van der Waals surface area contributed by atoms with Gasteiger partial charge in [0.25, 0.3) is 0 Å². The first-order valence-corrected chi connectivity index (χ1v) is 5.75. The maximum atomic E-state index is 12.3. The van der Waals surface area contributed by atoms with Crippen LogP contribution in [0, 0.1) is 0 Å². The number of benzene rings is 1. The van der Waals surface area contributed by atoms with E-state index < -0.39 is 17.7 Å². The van der Waals surface area contributed by atoms with Gasteiger partial charge in [-0.3, -0.25) is 0 Å². The van der Waals surface area contributed by atoms with Crippen LogP contribution in [-0.4, -0.2) is 10.3 Å². The van der Waals surface area contributed by atoms with E-state index >= 15 is 0 Å². The summed E-state index contributed by atoms with van der Waals surface area (Å²) in [7, 11) is 0. The van der Waals surface area contributed by atoms with Crippen molar-refractivity contribution in [2.45, 2.75) is 6.18 Å². The zero-order valence-electron chi connectivity index (χ0n) is 9.27. The first kappa shape index (κ1) is 13.3. The Morgan fingerprint density at radius 1 is 1.26 bits per heavy atom. The fraction of sp³-hybridized carbons (Fsp3) is 0.0909. The van der Waals surface area contributed by atoms with Crippen LogP contribution in [0.2, 0.25) is 0 Å². The number of nitrogen functional groups attached to an aromatic ring is 1. The molecule has 4 nitrogen and oxygen atoms in total. The molecule has 2 rings (SSSR count). The number of esters is 1. The summed E-state index contributed by atoms with van der Waals surface area (Å²) in [5.41, 5.74) is 4.53. The SMILES string of the molecule is Nc1cc(C(=O)Oc2ccc(C(F)(F)F)cc2)sn1. The van der Waals surface area contributed by atoms with Crippen molar-refractivity contribution in [3.8, 4) is 5.75 Å². The summed E-state index contributed by atoms with van der Waals surface area (Å²) in [5, 5.41) is 0. The first-order chi connectivity index (χ1) is 8.86. The van der Waals surface area contributed by atoms with E-state index in [4.69, 9.17) is 10.5 Å². The normalized spacial score (nSPS) is 11.3. The number of carbonyl (C=O) groups excluding carboxylic acids is 1. The summed E-state index contributed by atoms with van der Waals surface area (Å²) in [4.78, 5) is 11.8. The van der Waals surface area contributed by atoms with Crippen LogP contribution in [0.15, 0.2) is 30.3 Å². The molecule has 0 saturated heterocycles. The van der Waals surface area contributed by atoms with E-state index in [9.17, 15) is 18.0 Å². The third-order valence-electron chi connectivity index (χ3n) is 2.12. The van der Waals surface area contributed by atoms with Gasteiger partial charge in [-0.1, -0.05) is 0 Å². The van der Waals surface area contributed by atoms with E-state index in [0.29, 0.717) is 0 Å². The molecule has 0 aliphatic rings. The monoisotopic (exact) mass is 288 g/mol. The number of aromatic nitrogens is 1. The molecular weight excluding hydrogens is 281 g/mol. The average Bonchev–Trinajstić information content (AvgIpc) is 2.75. The van der Waals surface area contributed by atoms with Crippen LogP contribution in [-0.2, 0) is 6.18 Å². The van der Waals surface area contributed by atoms with Crippen molar-refractivity contribution < 1.29 is 22.7 Å². The van der Waals surface area contributed by atoms with Crippen LogP contribution in [0.25, 0.3) is 0 Å². The number of hydrogen-bond acceptors (Lipinski definition) is 5. The zero-order chi connectivity index (χ0) is 14.0. The Morgan fingerprint density at radius 3 is 2.37 bits per heavy atom. The highest BCUT2D eigenvalue weighted by atomic mass is 32.1. The zero-order valence-corrected chi connectivity index (χ0v) is 10.1. The van der Waals surface area contributed by atoms with E-state index in [2.05, 4.69) is 4.37 Å². The van der Waals surface area contributed by atoms with Gasteiger partial charge < -0.3 is 10.5 Å². The number of hydrogen-bond donors (Lipinski definition) is 1. The lowest BCUT2D eigenvalue weighted by Gasteiger charge is -2.07. The average molecular weight is 288 g/mol. The number of rotatable bonds is 2. The third kappa shape index (κ3) is 3.22. The van der Waals surface area contributed by atoms with Crippen molar-refractivity contribution in [2.24, 2.45) is 0 Å². The van der Waals surface area contributed by atoms with Crippen LogP contribution in [0.5, 0.6) is 5.75 Å². The molecule has 0 atom stereocenters. The summed E-state index contributed by atoms with van der Waals surface area (Å²) in [6, 6.07) is 5.15. The molecule has 19 heavy (non-hydrogen) atoms. The number of halogens is 3. The second kappa shape index (κ2) is 4.88. The van der Waals surface area contributed by atoms with E-state index in [1.165, 1.54) is 6.07 Å². The van der Waals surface area contributed by atoms with E-state index in [1.54, 1.807) is 0 Å². The molecule has 0 fully saturated rings. The molecule has 0 bridgehead atoms. The number of carbonyl (C=O) groups is 1. The van der Waals surface area contributed by atoms with Gasteiger partial charge in [0.1, 0.15) is 16.4 Å². The van der Waals surface area contributed by atoms with E-state index in [0.717, 1.165) is 35.8 Å². The molecule has 0 amide bonds. The van der Waals surface area contributed by atoms with E-state index in [-0.39, 0.29) is 16.4 Å². The minimum Gasteiger partial charge on any atom is -0.422 e. The van der Waals surface area contributed by atoms with Crippen molar-refractivity contribution in [3.63, 3.8) is 0 Å². The Morgan fingerprint density at radius 2 is 1.89 bits per heavy atom. The van der Waals surface area contributed by atoms with Crippen molar-refractivity contribution in [2.75, 3.05) is 5.73 Å². The molecule has 0 radical (unpaired) electrons. The van der Waals surface area contributed by atoms with Gasteiger partial charge in [-0.05, 0) is 35.8 Å². The molecule has 1 aromatic heterocycles. The standard InChI is InChI=1S/C11H7F3N2O2S/c12-11(13,14)6-1-3-7(4-2-6)18-10(17)8-5-9(15)16-19-8/h1-5H,(H2,15,16). The smallest absolute Gasteiger partial charge is 0.416 e. The maximum absolute atomic E-state index is 12.3. The quantitative estimate of drug-likeness (QED) is 0.681. The molecule has 8 heteroatoms. The van der Waals surface area contributed by atoms with Crippen LogP contribution in [0.1, 0.15) is 15.2 Å². The van der Waals surface area contributed by atoms with Gasteiger partial charge in [0, 0.05) is 6.07 Å². The molecule has 1 heterocycles. The van der Waals surface area contributed by atoms with Crippen LogP contribution in [0.4, 0.5) is 19.0 Å². The lowest BCUT2D eigenvalue weighted by molar-refractivity contribution is -0.137. The predicted octanol–water partition coefficient (Wildman–Crippen LogP) is 2.96. The molecule has 0 aliphatic heterocycles. The fourth-order valence-corrected chi connectivity index (χ4v) is 1.80. The van der Waals surface area contributed by atoms with Crippen molar-refractivity contribution in [1.82, 2.24) is 4.37 Å². The second-order valence-corrected chi connectivity index (χ2v) is 4.33. The summed E-state index contributed by atoms with van der Waals surface area (Å²) in [5.74, 6) is -0.511. The first-order valence-electron chi connectivity index (χ1n) is 4.98. The van der Waals surface area contributed by atoms with Gasteiger partial charge in [0.2, 0.25) is 0 Å². The Kier molecular flexibility index (Phi) is 3.43. The van der Waals surface area contributed by atoms with Crippen molar-refractivity contribution >= 4 is 23.3 Å². The lowest BCUT2D eigenvalue weighted by atomic mass is 10.2. The van der Waals surface area contributed by atoms with Gasteiger partial charge >= 0.3 is 12.1 Å². The van der Waals surface area contributed by atoms with Crippen LogP contribution < -0.4 is 10.5 Å². The number of ether oxygens (including phenoxy) is 1.